The predicted molar refractivity (Wildman–Crippen MR) is 75.8 cm³/mol. The van der Waals surface area contributed by atoms with Crippen molar-refractivity contribution in [3.63, 3.8) is 0 Å². The molecule has 0 radical (unpaired) electrons. The van der Waals surface area contributed by atoms with Crippen LogP contribution < -0.4 is 0 Å². The van der Waals surface area contributed by atoms with Crippen molar-refractivity contribution in [2.24, 2.45) is 0 Å². The average molecular weight is 280 g/mol. The van der Waals surface area contributed by atoms with Crippen LogP contribution in [0.4, 0.5) is 0 Å². The molecule has 2 aromatic heterocycles. The number of nitrogens with zero attached hydrogens (tertiary/aromatic N) is 3. The summed E-state index contributed by atoms with van der Waals surface area (Å²) >= 11 is 5.92. The number of aromatic nitrogens is 3. The van der Waals surface area contributed by atoms with Crippen LogP contribution in [-0.4, -0.2) is 33.6 Å². The summed E-state index contributed by atoms with van der Waals surface area (Å²) in [5, 5.41) is 0. The Balaban J connectivity index is 2.25. The number of hydrogen-bond acceptors (Lipinski definition) is 3. The van der Waals surface area contributed by atoms with Gasteiger partial charge in [0.05, 0.1) is 12.1 Å². The monoisotopic (exact) mass is 279 g/mol. The van der Waals surface area contributed by atoms with Gasteiger partial charge in [-0.1, -0.05) is 0 Å². The minimum absolute atomic E-state index is 0.0586. The summed E-state index contributed by atoms with van der Waals surface area (Å²) in [6.07, 6.45) is 3.59. The summed E-state index contributed by atoms with van der Waals surface area (Å²) in [4.78, 5) is 9.29. The van der Waals surface area contributed by atoms with Gasteiger partial charge >= 0.3 is 0 Å². The Hall–Kier alpha value is -1.13. The maximum atomic E-state index is 5.92. The van der Waals surface area contributed by atoms with Crippen molar-refractivity contribution in [3.05, 3.63) is 23.7 Å². The van der Waals surface area contributed by atoms with E-state index in [4.69, 9.17) is 21.3 Å². The topological polar surface area (TPSA) is 39.9 Å². The van der Waals surface area contributed by atoms with Crippen molar-refractivity contribution >= 4 is 22.8 Å². The molecule has 0 aromatic carbocycles. The van der Waals surface area contributed by atoms with E-state index in [0.717, 1.165) is 42.0 Å². The number of pyridine rings is 1. The zero-order valence-corrected chi connectivity index (χ0v) is 12.1. The molecule has 4 nitrogen and oxygen atoms in total. The molecule has 0 spiro atoms. The summed E-state index contributed by atoms with van der Waals surface area (Å²) in [7, 11) is 0. The zero-order valence-electron chi connectivity index (χ0n) is 11.3. The third-order valence-electron chi connectivity index (χ3n) is 3.87. The van der Waals surface area contributed by atoms with E-state index in [9.17, 15) is 0 Å². The molecule has 5 heteroatoms. The Bertz CT molecular complexity index is 602. The Kier molecular flexibility index (Phi) is 3.23. The molecule has 3 heterocycles. The molecule has 2 aromatic rings. The van der Waals surface area contributed by atoms with Crippen molar-refractivity contribution in [3.8, 4) is 0 Å². The molecule has 102 valence electrons. The number of fused-ring (bicyclic) bond motifs is 1. The van der Waals surface area contributed by atoms with Crippen LogP contribution >= 0.6 is 11.6 Å². The Morgan fingerprint density at radius 1 is 1.53 bits per heavy atom. The number of ether oxygens (including phenoxy) is 1. The number of rotatable bonds is 3. The molecule has 1 aliphatic rings. The van der Waals surface area contributed by atoms with Crippen LogP contribution in [0.15, 0.2) is 12.3 Å². The smallest absolute Gasteiger partial charge is 0.160 e. The normalized spacial score (nSPS) is 23.3. The third kappa shape index (κ3) is 2.03. The third-order valence-corrected chi connectivity index (χ3v) is 4.06. The highest BCUT2D eigenvalue weighted by Gasteiger charge is 2.35. The Labute approximate surface area is 117 Å². The molecule has 1 unspecified atom stereocenters. The molecule has 1 fully saturated rings. The van der Waals surface area contributed by atoms with Gasteiger partial charge in [-0.3, -0.25) is 0 Å². The van der Waals surface area contributed by atoms with E-state index < -0.39 is 0 Å². The largest absolute Gasteiger partial charge is 0.379 e. The van der Waals surface area contributed by atoms with Crippen LogP contribution in [0, 0.1) is 6.92 Å². The molecule has 1 saturated heterocycles. The highest BCUT2D eigenvalue weighted by molar-refractivity contribution is 6.17. The number of aryl methyl sites for hydroxylation is 2. The molecule has 0 amide bonds. The fraction of sp³-hybridized carbons (Fsp3) is 0.571. The van der Waals surface area contributed by atoms with Crippen LogP contribution in [0.5, 0.6) is 0 Å². The lowest BCUT2D eigenvalue weighted by atomic mass is 10.0. The van der Waals surface area contributed by atoms with E-state index >= 15 is 0 Å². The first kappa shape index (κ1) is 12.9. The maximum absolute atomic E-state index is 5.92. The lowest BCUT2D eigenvalue weighted by Gasteiger charge is -2.26. The fourth-order valence-corrected chi connectivity index (χ4v) is 2.96. The van der Waals surface area contributed by atoms with E-state index in [2.05, 4.69) is 23.4 Å². The van der Waals surface area contributed by atoms with E-state index in [1.165, 1.54) is 0 Å². The van der Waals surface area contributed by atoms with Gasteiger partial charge in [0, 0.05) is 25.1 Å². The van der Waals surface area contributed by atoms with E-state index in [0.29, 0.717) is 12.5 Å². The maximum Gasteiger partial charge on any atom is 0.160 e. The molecule has 0 aliphatic carbocycles. The first-order valence-electron chi connectivity index (χ1n) is 6.63. The SMILES string of the molecule is Cc1ccnc2c1nc(CCCl)n2C1(C)CCOC1. The Morgan fingerprint density at radius 3 is 3.05 bits per heavy atom. The molecule has 19 heavy (non-hydrogen) atoms. The van der Waals surface area contributed by atoms with E-state index in [-0.39, 0.29) is 5.54 Å². The second-order valence-electron chi connectivity index (χ2n) is 5.40. The predicted octanol–water partition coefficient (Wildman–Crippen LogP) is 2.66. The lowest BCUT2D eigenvalue weighted by molar-refractivity contribution is 0.162. The fourth-order valence-electron chi connectivity index (χ4n) is 2.79. The van der Waals surface area contributed by atoms with Crippen molar-refractivity contribution in [2.75, 3.05) is 19.1 Å². The first-order chi connectivity index (χ1) is 9.15. The number of imidazole rings is 1. The minimum atomic E-state index is -0.0586. The summed E-state index contributed by atoms with van der Waals surface area (Å²) < 4.78 is 7.83. The highest BCUT2D eigenvalue weighted by atomic mass is 35.5. The summed E-state index contributed by atoms with van der Waals surface area (Å²) in [5.74, 6) is 1.58. The van der Waals surface area contributed by atoms with Gasteiger partial charge in [-0.2, -0.15) is 0 Å². The van der Waals surface area contributed by atoms with Crippen LogP contribution in [0.2, 0.25) is 0 Å². The van der Waals surface area contributed by atoms with E-state index in [1.807, 2.05) is 12.3 Å². The van der Waals surface area contributed by atoms with Gasteiger partial charge in [-0.25, -0.2) is 9.97 Å². The van der Waals surface area contributed by atoms with Gasteiger partial charge in [-0.15, -0.1) is 11.6 Å². The molecule has 1 aliphatic heterocycles. The second kappa shape index (κ2) is 4.76. The molecule has 0 saturated carbocycles. The van der Waals surface area contributed by atoms with Crippen molar-refractivity contribution in [1.82, 2.24) is 14.5 Å². The number of halogens is 1. The molecule has 0 N–H and O–H groups in total. The van der Waals surface area contributed by atoms with E-state index in [1.54, 1.807) is 0 Å². The standard InChI is InChI=1S/C14H18ClN3O/c1-10-4-7-16-13-12(10)17-11(3-6-15)18(13)14(2)5-8-19-9-14/h4,7H,3,5-6,8-9H2,1-2H3. The van der Waals surface area contributed by atoms with Crippen LogP contribution in [0.3, 0.4) is 0 Å². The Morgan fingerprint density at radius 2 is 2.37 bits per heavy atom. The zero-order chi connectivity index (χ0) is 13.5. The van der Waals surface area contributed by atoms with Crippen LogP contribution in [-0.2, 0) is 16.7 Å². The van der Waals surface area contributed by atoms with Gasteiger partial charge in [0.1, 0.15) is 11.3 Å². The molecular formula is C14H18ClN3O. The molecule has 3 rings (SSSR count). The summed E-state index contributed by atoms with van der Waals surface area (Å²) in [6.45, 7) is 5.79. The molecule has 1 atom stereocenters. The first-order valence-corrected chi connectivity index (χ1v) is 7.16. The summed E-state index contributed by atoms with van der Waals surface area (Å²) in [6, 6.07) is 2.00. The van der Waals surface area contributed by atoms with Gasteiger partial charge < -0.3 is 9.30 Å². The second-order valence-corrected chi connectivity index (χ2v) is 5.78. The summed E-state index contributed by atoms with van der Waals surface area (Å²) in [5.41, 5.74) is 3.03. The molecular weight excluding hydrogens is 262 g/mol. The number of hydrogen-bond donors (Lipinski definition) is 0. The highest BCUT2D eigenvalue weighted by Crippen LogP contribution is 2.32. The van der Waals surface area contributed by atoms with Gasteiger partial charge in [-0.05, 0) is 31.9 Å². The van der Waals surface area contributed by atoms with Gasteiger partial charge in [0.25, 0.3) is 0 Å². The van der Waals surface area contributed by atoms with Crippen molar-refractivity contribution in [2.45, 2.75) is 32.2 Å². The van der Waals surface area contributed by atoms with Crippen LogP contribution in [0.1, 0.15) is 24.7 Å². The van der Waals surface area contributed by atoms with Gasteiger partial charge in [0.15, 0.2) is 5.65 Å². The minimum Gasteiger partial charge on any atom is -0.379 e. The van der Waals surface area contributed by atoms with Crippen molar-refractivity contribution in [1.29, 1.82) is 0 Å². The van der Waals surface area contributed by atoms with Gasteiger partial charge in [0.2, 0.25) is 0 Å². The lowest BCUT2D eigenvalue weighted by Crippen LogP contribution is -2.32. The van der Waals surface area contributed by atoms with Crippen molar-refractivity contribution < 1.29 is 4.74 Å². The van der Waals surface area contributed by atoms with Crippen LogP contribution in [0.25, 0.3) is 11.2 Å². The number of alkyl halides is 1. The average Bonchev–Trinajstić information content (AvgIpc) is 2.95. The molecule has 0 bridgehead atoms. The quantitative estimate of drug-likeness (QED) is 0.811.